The molecule has 2 atom stereocenters. The van der Waals surface area contributed by atoms with Crippen molar-refractivity contribution in [1.82, 2.24) is 0 Å². The summed E-state index contributed by atoms with van der Waals surface area (Å²) < 4.78 is 6.15. The molecule has 2 unspecified atom stereocenters. The molecule has 0 aliphatic heterocycles. The number of fused-ring (bicyclic) bond motifs is 2. The van der Waals surface area contributed by atoms with Crippen molar-refractivity contribution in [1.29, 1.82) is 0 Å². The predicted octanol–water partition coefficient (Wildman–Crippen LogP) is 1.41. The maximum absolute atomic E-state index is 5.04. The fraction of sp³-hybridized carbons (Fsp3) is 0.370. The molecule has 0 nitrogen and oxygen atoms in total. The van der Waals surface area contributed by atoms with Crippen LogP contribution in [0.15, 0.2) is 59.7 Å². The molecule has 0 amide bonds. The molecule has 2 aliphatic carbocycles. The Bertz CT molecular complexity index is 934. The summed E-state index contributed by atoms with van der Waals surface area (Å²) in [7, 11) is 0. The summed E-state index contributed by atoms with van der Waals surface area (Å²) >= 11 is -2.21. The van der Waals surface area contributed by atoms with E-state index in [4.69, 9.17) is 4.21 Å². The van der Waals surface area contributed by atoms with Gasteiger partial charge in [-0.15, -0.1) is 0 Å². The van der Waals surface area contributed by atoms with Gasteiger partial charge in [-0.05, 0) is 0 Å². The molecular weight excluding hydrogens is 486 g/mol. The molecule has 0 heterocycles. The second kappa shape index (κ2) is 9.01. The van der Waals surface area contributed by atoms with Gasteiger partial charge < -0.3 is 24.8 Å². The van der Waals surface area contributed by atoms with Gasteiger partial charge in [0.1, 0.15) is 0 Å². The first-order valence-electron chi connectivity index (χ1n) is 10.4. The van der Waals surface area contributed by atoms with E-state index < -0.39 is 21.3 Å². The Kier molecular flexibility index (Phi) is 7.66. The van der Waals surface area contributed by atoms with E-state index in [9.17, 15) is 0 Å². The molecule has 2 aromatic rings. The van der Waals surface area contributed by atoms with Gasteiger partial charge in [-0.3, -0.25) is 0 Å². The standard InChI is InChI=1S/2C13H15.CH2.2ClH.Zr/c2*1-13(2,3)12-8-10-6-4-5-7-11(10)9-12;;;;/h2*4-9H,1-3H3;1H2;2*1H;/q;;;;;+2/p-2. The molecule has 3 heteroatoms. The zero-order valence-corrected chi connectivity index (χ0v) is 22.9. The van der Waals surface area contributed by atoms with Gasteiger partial charge in [0, 0.05) is 0 Å². The summed E-state index contributed by atoms with van der Waals surface area (Å²) in [6, 6.07) is 18.1. The molecule has 0 fully saturated rings. The van der Waals surface area contributed by atoms with Crippen molar-refractivity contribution >= 4 is 16.4 Å². The summed E-state index contributed by atoms with van der Waals surface area (Å²) in [4.78, 5) is 0. The Morgan fingerprint density at radius 2 is 0.967 bits per heavy atom. The van der Waals surface area contributed by atoms with Crippen LogP contribution in [0, 0.1) is 10.8 Å². The number of allylic oxidation sites excluding steroid dienone is 2. The van der Waals surface area contributed by atoms with E-state index in [1.807, 2.05) is 0 Å². The molecule has 0 aromatic heterocycles. The van der Waals surface area contributed by atoms with Crippen LogP contribution >= 0.6 is 0 Å². The monoisotopic (exact) mass is 516 g/mol. The van der Waals surface area contributed by atoms with Gasteiger partial charge in [0.25, 0.3) is 0 Å². The smallest absolute Gasteiger partial charge is 1.00 e. The largest absolute Gasteiger partial charge is 1.00 e. The third-order valence-electron chi connectivity index (χ3n) is 6.33. The number of hydrogen-bond donors (Lipinski definition) is 0. The molecule has 2 aliphatic rings. The number of benzene rings is 2. The van der Waals surface area contributed by atoms with Gasteiger partial charge in [-0.25, -0.2) is 0 Å². The Morgan fingerprint density at radius 3 is 1.30 bits per heavy atom. The Hall–Kier alpha value is -0.747. The summed E-state index contributed by atoms with van der Waals surface area (Å²) in [6.07, 6.45) is 4.96. The molecule has 0 spiro atoms. The topological polar surface area (TPSA) is 0 Å². The minimum absolute atomic E-state index is 0. The second-order valence-electron chi connectivity index (χ2n) is 10.4. The zero-order valence-electron chi connectivity index (χ0n) is 18.9. The molecule has 4 rings (SSSR count). The average molecular weight is 519 g/mol. The molecule has 0 bridgehead atoms. The van der Waals surface area contributed by atoms with Gasteiger partial charge in [-0.1, -0.05) is 0 Å². The van der Waals surface area contributed by atoms with Crippen molar-refractivity contribution in [3.05, 3.63) is 81.9 Å². The first-order chi connectivity index (χ1) is 13.1. The maximum Gasteiger partial charge on any atom is -1.00 e. The van der Waals surface area contributed by atoms with Crippen LogP contribution in [0.1, 0.15) is 71.0 Å². The van der Waals surface area contributed by atoms with E-state index in [0.717, 1.165) is 0 Å². The van der Waals surface area contributed by atoms with E-state index in [0.29, 0.717) is 7.25 Å². The van der Waals surface area contributed by atoms with Crippen molar-refractivity contribution in [2.24, 2.45) is 10.8 Å². The van der Waals surface area contributed by atoms with Crippen LogP contribution in [-0.2, 0) is 21.3 Å². The minimum atomic E-state index is -2.21. The number of hydrogen-bond acceptors (Lipinski definition) is 0. The fourth-order valence-corrected chi connectivity index (χ4v) is 13.5. The molecule has 0 N–H and O–H groups in total. The van der Waals surface area contributed by atoms with Crippen LogP contribution < -0.4 is 24.8 Å². The Labute approximate surface area is 202 Å². The van der Waals surface area contributed by atoms with Gasteiger partial charge in [0.05, 0.1) is 0 Å². The quantitative estimate of drug-likeness (QED) is 0.564. The van der Waals surface area contributed by atoms with Crippen molar-refractivity contribution in [3.63, 3.8) is 0 Å². The first-order valence-corrected chi connectivity index (χ1v) is 15.0. The number of rotatable bonds is 2. The van der Waals surface area contributed by atoms with Gasteiger partial charge in [0.2, 0.25) is 0 Å². The molecule has 158 valence electrons. The molecular formula is C27H32Cl2Zr. The van der Waals surface area contributed by atoms with Gasteiger partial charge in [0.15, 0.2) is 0 Å². The van der Waals surface area contributed by atoms with Crippen molar-refractivity contribution in [3.8, 4) is 0 Å². The van der Waals surface area contributed by atoms with Crippen LogP contribution in [0.4, 0.5) is 0 Å². The van der Waals surface area contributed by atoms with Crippen LogP contribution in [0.3, 0.4) is 0 Å². The third kappa shape index (κ3) is 4.41. The van der Waals surface area contributed by atoms with Crippen LogP contribution in [-0.4, -0.2) is 4.21 Å². The Morgan fingerprint density at radius 1 is 0.633 bits per heavy atom. The van der Waals surface area contributed by atoms with E-state index in [2.05, 4.69) is 102 Å². The third-order valence-corrected chi connectivity index (χ3v) is 13.0. The SMILES string of the molecule is [CH2]=[Zr+2]([CH]1C(C(C)(C)C)=Cc2ccccc21)[CH]1C(C(C)(C)C)=Cc2ccccc21.[Cl-].[Cl-]. The van der Waals surface area contributed by atoms with Gasteiger partial charge in [-0.2, -0.15) is 0 Å². The summed E-state index contributed by atoms with van der Waals surface area (Å²) in [5, 5.41) is 0. The maximum atomic E-state index is 5.04. The molecule has 0 saturated heterocycles. The average Bonchev–Trinajstić information content (AvgIpc) is 3.19. The Balaban J connectivity index is 0.00000160. The van der Waals surface area contributed by atoms with Crippen molar-refractivity contribution in [2.45, 2.75) is 48.8 Å². The van der Waals surface area contributed by atoms with Crippen molar-refractivity contribution < 1.29 is 46.1 Å². The summed E-state index contributed by atoms with van der Waals surface area (Å²) in [5.74, 6) is 0. The molecule has 2 aromatic carbocycles. The number of halogens is 2. The molecule has 0 radical (unpaired) electrons. The molecule has 0 saturated carbocycles. The fourth-order valence-electron chi connectivity index (χ4n) is 4.91. The minimum Gasteiger partial charge on any atom is -1.00 e. The van der Waals surface area contributed by atoms with E-state index in [1.54, 1.807) is 11.1 Å². The second-order valence-corrected chi connectivity index (χ2v) is 16.1. The molecule has 30 heavy (non-hydrogen) atoms. The van der Waals surface area contributed by atoms with Gasteiger partial charge >= 0.3 is 179 Å². The van der Waals surface area contributed by atoms with Crippen LogP contribution in [0.5, 0.6) is 0 Å². The van der Waals surface area contributed by atoms with Crippen molar-refractivity contribution in [2.75, 3.05) is 0 Å². The summed E-state index contributed by atoms with van der Waals surface area (Å²) in [6.45, 7) is 14.2. The normalized spacial score (nSPS) is 19.4. The first kappa shape index (κ1) is 25.5. The zero-order chi connectivity index (χ0) is 20.3. The van der Waals surface area contributed by atoms with E-state index in [1.165, 1.54) is 22.3 Å². The van der Waals surface area contributed by atoms with E-state index in [-0.39, 0.29) is 35.6 Å². The van der Waals surface area contributed by atoms with Crippen LogP contribution in [0.25, 0.3) is 12.2 Å². The predicted molar refractivity (Wildman–Crippen MR) is 120 cm³/mol. The van der Waals surface area contributed by atoms with E-state index >= 15 is 0 Å². The summed E-state index contributed by atoms with van der Waals surface area (Å²) in [5.41, 5.74) is 9.49. The van der Waals surface area contributed by atoms with Crippen LogP contribution in [0.2, 0.25) is 0 Å².